The zero-order chi connectivity index (χ0) is 34.3. The molecule has 13 heteroatoms. The highest BCUT2D eigenvalue weighted by atomic mass is 16.5. The largest absolute Gasteiger partial charge is 0.463 e. The molecule has 4 aliphatic heterocycles. The van der Waals surface area contributed by atoms with E-state index in [0.29, 0.717) is 11.9 Å². The van der Waals surface area contributed by atoms with Crippen LogP contribution in [0.1, 0.15) is 38.3 Å². The van der Waals surface area contributed by atoms with E-state index in [1.807, 2.05) is 68.4 Å². The quantitative estimate of drug-likeness (QED) is 0.297. The Balaban J connectivity index is 1.30. The topological polar surface area (TPSA) is 156 Å². The molecule has 1 aromatic heterocycles. The van der Waals surface area contributed by atoms with Gasteiger partial charge in [0.15, 0.2) is 0 Å². The van der Waals surface area contributed by atoms with E-state index < -0.39 is 59.5 Å². The molecule has 0 unspecified atom stereocenters. The summed E-state index contributed by atoms with van der Waals surface area (Å²) >= 11 is 0. The minimum atomic E-state index is -1.51. The van der Waals surface area contributed by atoms with Crippen LogP contribution in [0, 0.1) is 17.8 Å². The molecule has 256 valence electrons. The van der Waals surface area contributed by atoms with Crippen LogP contribution in [0.2, 0.25) is 0 Å². The van der Waals surface area contributed by atoms with E-state index in [1.54, 1.807) is 33.9 Å². The molecule has 13 nitrogen and oxygen atoms in total. The van der Waals surface area contributed by atoms with E-state index in [9.17, 15) is 24.3 Å². The Morgan fingerprint density at radius 2 is 1.80 bits per heavy atom. The normalized spacial score (nSPS) is 30.2. The number of nitrogens with one attached hydrogen (secondary N) is 1. The Labute approximate surface area is 283 Å². The molecule has 4 aliphatic rings. The summed E-state index contributed by atoms with van der Waals surface area (Å²) in [7, 11) is 0. The van der Waals surface area contributed by atoms with Gasteiger partial charge in [-0.05, 0) is 30.0 Å². The lowest BCUT2D eigenvalue weighted by Gasteiger charge is -2.39. The number of para-hydroxylation sites is 1. The minimum absolute atomic E-state index is 0.0640. The lowest BCUT2D eigenvalue weighted by molar-refractivity contribution is -0.153. The van der Waals surface area contributed by atoms with E-state index in [-0.39, 0.29) is 44.7 Å². The number of hydrogen-bond donors (Lipinski definition) is 2. The fraction of sp³-hybridized carbons (Fsp3) is 0.444. The van der Waals surface area contributed by atoms with Crippen LogP contribution >= 0.6 is 0 Å². The zero-order valence-corrected chi connectivity index (χ0v) is 27.4. The third-order valence-electron chi connectivity index (χ3n) is 10.1. The second-order valence-corrected chi connectivity index (χ2v) is 13.4. The molecule has 1 spiro atoms. The first-order valence-corrected chi connectivity index (χ1v) is 16.8. The van der Waals surface area contributed by atoms with Gasteiger partial charge in [0.1, 0.15) is 30.4 Å². The summed E-state index contributed by atoms with van der Waals surface area (Å²) in [6.45, 7) is 3.56. The Bertz CT molecular complexity index is 1810. The number of likely N-dealkylation sites (tertiary alicyclic amines) is 1. The maximum Gasteiger partial charge on any atom is 0.306 e. The van der Waals surface area contributed by atoms with E-state index in [0.717, 1.165) is 11.1 Å². The number of aromatic nitrogens is 3. The first-order chi connectivity index (χ1) is 23.7. The Morgan fingerprint density at radius 3 is 2.57 bits per heavy atom. The number of rotatable bonds is 6. The number of carbonyl (C=O) groups excluding carboxylic acids is 4. The van der Waals surface area contributed by atoms with Crippen molar-refractivity contribution in [1.82, 2.24) is 30.1 Å². The van der Waals surface area contributed by atoms with E-state index >= 15 is 0 Å². The number of aliphatic hydroxyl groups excluding tert-OH is 1. The average Bonchev–Trinajstić information content (AvgIpc) is 3.69. The summed E-state index contributed by atoms with van der Waals surface area (Å²) in [6.07, 6.45) is 6.64. The van der Waals surface area contributed by atoms with Gasteiger partial charge in [-0.15, -0.1) is 5.10 Å². The standard InChI is InChI=1S/C36H40N6O7/c1-22(2)27(19-43)42-32-35(47)40(21-41-26-14-7-6-13-24(26)38-39-41)18-10-17-36(32)31(34(42)46)30-28(49-36)15-8-9-16-29(44)48-20-25(37-33(30)45)23-11-4-3-5-12-23/h3-8,10-15,17,22,25,27-28,30-32,43H,9,16,18-21H2,1-2H3,(H,37,45)/b15-8-/t25-,27+,28+,30-,31-,32+,36-/m1/s1. The molecule has 0 aliphatic carbocycles. The van der Waals surface area contributed by atoms with Gasteiger partial charge in [0.2, 0.25) is 11.8 Å². The maximum absolute atomic E-state index is 14.8. The molecule has 7 rings (SSSR count). The van der Waals surface area contributed by atoms with Crippen LogP contribution in [0.15, 0.2) is 78.9 Å². The summed E-state index contributed by atoms with van der Waals surface area (Å²) in [4.78, 5) is 59.7. The van der Waals surface area contributed by atoms with Crippen molar-refractivity contribution in [3.8, 4) is 0 Å². The predicted molar refractivity (Wildman–Crippen MR) is 176 cm³/mol. The SMILES string of the molecule is CC(C)[C@H](CO)N1C(=O)[C@H]2[C@@H]3C(=O)N[C@@H](c4ccccc4)COC(=O)CC/C=C\[C@@H]3O[C@]23C=CCN(Cn2nnc4ccccc42)C(=O)[C@H]13. The van der Waals surface area contributed by atoms with Gasteiger partial charge in [-0.1, -0.05) is 85.8 Å². The fourth-order valence-electron chi connectivity index (χ4n) is 7.71. The molecule has 2 fully saturated rings. The summed E-state index contributed by atoms with van der Waals surface area (Å²) in [5, 5.41) is 22.2. The van der Waals surface area contributed by atoms with Gasteiger partial charge >= 0.3 is 5.97 Å². The minimum Gasteiger partial charge on any atom is -0.463 e. The van der Waals surface area contributed by atoms with Gasteiger partial charge in [0.05, 0.1) is 42.1 Å². The second-order valence-electron chi connectivity index (χ2n) is 13.4. The van der Waals surface area contributed by atoms with Gasteiger partial charge < -0.3 is 29.7 Å². The number of cyclic esters (lactones) is 1. The molecule has 0 bridgehead atoms. The van der Waals surface area contributed by atoms with Gasteiger partial charge in [-0.3, -0.25) is 19.2 Å². The van der Waals surface area contributed by atoms with Crippen molar-refractivity contribution in [3.63, 3.8) is 0 Å². The summed E-state index contributed by atoms with van der Waals surface area (Å²) in [6, 6.07) is 14.1. The number of esters is 1. The number of ether oxygens (including phenoxy) is 2. The predicted octanol–water partition coefficient (Wildman–Crippen LogP) is 2.14. The van der Waals surface area contributed by atoms with E-state index in [1.165, 1.54) is 4.90 Å². The number of hydrogen-bond acceptors (Lipinski definition) is 9. The lowest BCUT2D eigenvalue weighted by atomic mass is 9.77. The molecule has 0 radical (unpaired) electrons. The molecular formula is C36H40N6O7. The number of aliphatic hydroxyl groups is 1. The molecule has 0 saturated carbocycles. The molecule has 3 amide bonds. The van der Waals surface area contributed by atoms with Crippen molar-refractivity contribution in [2.45, 2.75) is 63.2 Å². The van der Waals surface area contributed by atoms with Crippen molar-refractivity contribution in [3.05, 3.63) is 84.5 Å². The average molecular weight is 669 g/mol. The zero-order valence-electron chi connectivity index (χ0n) is 27.4. The third-order valence-corrected chi connectivity index (χ3v) is 10.1. The second kappa shape index (κ2) is 13.2. The maximum atomic E-state index is 14.8. The van der Waals surface area contributed by atoms with Crippen LogP contribution in [-0.4, -0.2) is 97.1 Å². The van der Waals surface area contributed by atoms with Crippen LogP contribution in [-0.2, 0) is 35.3 Å². The third kappa shape index (κ3) is 5.70. The number of benzene rings is 2. The highest BCUT2D eigenvalue weighted by molar-refractivity contribution is 6.00. The van der Waals surface area contributed by atoms with E-state index in [2.05, 4.69) is 15.6 Å². The van der Waals surface area contributed by atoms with Crippen molar-refractivity contribution >= 4 is 34.7 Å². The number of allylic oxidation sites excluding steroid dienone is 1. The summed E-state index contributed by atoms with van der Waals surface area (Å²) < 4.78 is 14.0. The van der Waals surface area contributed by atoms with Crippen molar-refractivity contribution in [1.29, 1.82) is 0 Å². The Morgan fingerprint density at radius 1 is 1.02 bits per heavy atom. The highest BCUT2D eigenvalue weighted by Gasteiger charge is 2.72. The summed E-state index contributed by atoms with van der Waals surface area (Å²) in [5.74, 6) is -3.99. The monoisotopic (exact) mass is 668 g/mol. The van der Waals surface area contributed by atoms with Crippen LogP contribution in [0.3, 0.4) is 0 Å². The molecule has 5 heterocycles. The van der Waals surface area contributed by atoms with Crippen molar-refractivity contribution in [2.75, 3.05) is 19.8 Å². The smallest absolute Gasteiger partial charge is 0.306 e. The Hall–Kier alpha value is -4.88. The number of amides is 3. The first-order valence-electron chi connectivity index (χ1n) is 16.8. The van der Waals surface area contributed by atoms with Gasteiger partial charge in [-0.25, -0.2) is 4.68 Å². The van der Waals surface area contributed by atoms with Gasteiger partial charge in [-0.2, -0.15) is 0 Å². The summed E-state index contributed by atoms with van der Waals surface area (Å²) in [5.41, 5.74) is 0.654. The molecule has 49 heavy (non-hydrogen) atoms. The molecule has 3 aromatic rings. The fourth-order valence-corrected chi connectivity index (χ4v) is 7.71. The first kappa shape index (κ1) is 32.7. The number of fused-ring (bicyclic) bond motifs is 3. The van der Waals surface area contributed by atoms with Crippen LogP contribution < -0.4 is 5.32 Å². The van der Waals surface area contributed by atoms with Crippen molar-refractivity contribution in [2.24, 2.45) is 17.8 Å². The molecule has 7 atom stereocenters. The van der Waals surface area contributed by atoms with Crippen LogP contribution in [0.5, 0.6) is 0 Å². The number of nitrogens with zero attached hydrogens (tertiary/aromatic N) is 5. The molecule has 2 saturated heterocycles. The van der Waals surface area contributed by atoms with Crippen LogP contribution in [0.25, 0.3) is 11.0 Å². The lowest BCUT2D eigenvalue weighted by Crippen LogP contribution is -2.59. The molecular weight excluding hydrogens is 628 g/mol. The van der Waals surface area contributed by atoms with Crippen molar-refractivity contribution < 1.29 is 33.8 Å². The highest BCUT2D eigenvalue weighted by Crippen LogP contribution is 2.53. The number of carbonyl (C=O) groups is 4. The van der Waals surface area contributed by atoms with Crippen LogP contribution in [0.4, 0.5) is 0 Å². The Kier molecular flexibility index (Phi) is 8.80. The van der Waals surface area contributed by atoms with Gasteiger partial charge in [0.25, 0.3) is 5.91 Å². The molecule has 2 aromatic carbocycles. The molecule has 2 N–H and O–H groups in total. The van der Waals surface area contributed by atoms with E-state index in [4.69, 9.17) is 9.47 Å². The van der Waals surface area contributed by atoms with Gasteiger partial charge in [0, 0.05) is 13.0 Å².